The second-order valence-corrected chi connectivity index (χ2v) is 8.25. The van der Waals surface area contributed by atoms with E-state index in [1.807, 2.05) is 50.2 Å². The van der Waals surface area contributed by atoms with Gasteiger partial charge in [-0.15, -0.1) is 0 Å². The van der Waals surface area contributed by atoms with Crippen LogP contribution in [0.3, 0.4) is 0 Å². The molecule has 4 rings (SSSR count). The molecular formula is C21H19NO2S. The van der Waals surface area contributed by atoms with E-state index in [4.69, 9.17) is 0 Å². The lowest BCUT2D eigenvalue weighted by Crippen LogP contribution is -2.22. The van der Waals surface area contributed by atoms with Crippen LogP contribution in [0.15, 0.2) is 71.1 Å². The van der Waals surface area contributed by atoms with Crippen molar-refractivity contribution in [3.63, 3.8) is 0 Å². The first-order valence-corrected chi connectivity index (χ1v) is 9.74. The summed E-state index contributed by atoms with van der Waals surface area (Å²) in [6.07, 6.45) is 0.766. The first kappa shape index (κ1) is 15.9. The molecule has 0 aromatic heterocycles. The van der Waals surface area contributed by atoms with E-state index in [1.165, 1.54) is 16.3 Å². The number of fused-ring (bicyclic) bond motifs is 3. The minimum atomic E-state index is -3.60. The van der Waals surface area contributed by atoms with Crippen LogP contribution >= 0.6 is 0 Å². The molecule has 1 N–H and O–H groups in total. The Bertz CT molecular complexity index is 1110. The van der Waals surface area contributed by atoms with E-state index in [0.29, 0.717) is 5.70 Å². The van der Waals surface area contributed by atoms with Crippen LogP contribution in [0.4, 0.5) is 0 Å². The Kier molecular flexibility index (Phi) is 3.65. The van der Waals surface area contributed by atoms with Gasteiger partial charge in [-0.25, -0.2) is 8.42 Å². The van der Waals surface area contributed by atoms with Crippen molar-refractivity contribution in [2.75, 3.05) is 0 Å². The largest absolute Gasteiger partial charge is 0.279 e. The number of nitrogens with one attached hydrogen (secondary N) is 1. The molecule has 0 bridgehead atoms. The lowest BCUT2D eigenvalue weighted by Gasteiger charge is -2.12. The lowest BCUT2D eigenvalue weighted by molar-refractivity contribution is 0.591. The maximum absolute atomic E-state index is 12.8. The standard InChI is InChI=1S/C21H19NO2S/c1-14-7-10-17(11-8-14)25(23,24)22-21-15(2)13-20-18-6-4-3-5-16(18)9-12-19(20)21/h3-12,22H,13H2,1-2H3. The summed E-state index contributed by atoms with van der Waals surface area (Å²) in [6, 6.07) is 19.2. The summed E-state index contributed by atoms with van der Waals surface area (Å²) in [4.78, 5) is 0.285. The molecule has 1 aliphatic carbocycles. The van der Waals surface area contributed by atoms with Gasteiger partial charge >= 0.3 is 0 Å². The second kappa shape index (κ2) is 5.74. The minimum Gasteiger partial charge on any atom is -0.279 e. The van der Waals surface area contributed by atoms with Crippen LogP contribution in [0.5, 0.6) is 0 Å². The molecule has 0 heterocycles. The monoisotopic (exact) mass is 349 g/mol. The van der Waals surface area contributed by atoms with Gasteiger partial charge < -0.3 is 0 Å². The Hall–Kier alpha value is -2.59. The zero-order chi connectivity index (χ0) is 17.6. The van der Waals surface area contributed by atoms with Crippen molar-refractivity contribution in [2.45, 2.75) is 25.2 Å². The predicted octanol–water partition coefficient (Wildman–Crippen LogP) is 4.41. The van der Waals surface area contributed by atoms with Gasteiger partial charge in [-0.2, -0.15) is 0 Å². The molecule has 4 heteroatoms. The average Bonchev–Trinajstić information content (AvgIpc) is 2.91. The molecule has 0 saturated heterocycles. The van der Waals surface area contributed by atoms with E-state index < -0.39 is 10.0 Å². The van der Waals surface area contributed by atoms with Gasteiger partial charge in [0.05, 0.1) is 10.6 Å². The summed E-state index contributed by atoms with van der Waals surface area (Å²) < 4.78 is 28.4. The topological polar surface area (TPSA) is 46.2 Å². The summed E-state index contributed by atoms with van der Waals surface area (Å²) in [5, 5.41) is 2.36. The number of hydrogen-bond acceptors (Lipinski definition) is 2. The number of sulfonamides is 1. The fourth-order valence-corrected chi connectivity index (χ4v) is 4.56. The summed E-state index contributed by atoms with van der Waals surface area (Å²) in [7, 11) is -3.60. The highest BCUT2D eigenvalue weighted by molar-refractivity contribution is 7.89. The van der Waals surface area contributed by atoms with E-state index in [2.05, 4.69) is 16.9 Å². The maximum Gasteiger partial charge on any atom is 0.261 e. The first-order valence-electron chi connectivity index (χ1n) is 8.26. The van der Waals surface area contributed by atoms with Gasteiger partial charge in [0.2, 0.25) is 0 Å². The Balaban J connectivity index is 1.76. The van der Waals surface area contributed by atoms with Crippen molar-refractivity contribution in [1.82, 2.24) is 4.72 Å². The zero-order valence-electron chi connectivity index (χ0n) is 14.2. The highest BCUT2D eigenvalue weighted by atomic mass is 32.2. The third-order valence-electron chi connectivity index (χ3n) is 4.75. The van der Waals surface area contributed by atoms with Crippen LogP contribution in [0.25, 0.3) is 16.5 Å². The first-order chi connectivity index (χ1) is 12.0. The minimum absolute atomic E-state index is 0.285. The Morgan fingerprint density at radius 3 is 2.36 bits per heavy atom. The molecule has 1 aliphatic rings. The molecular weight excluding hydrogens is 330 g/mol. The van der Waals surface area contributed by atoms with Crippen molar-refractivity contribution in [3.05, 3.63) is 82.9 Å². The van der Waals surface area contributed by atoms with E-state index in [9.17, 15) is 8.42 Å². The molecule has 126 valence electrons. The van der Waals surface area contributed by atoms with Crippen molar-refractivity contribution in [1.29, 1.82) is 0 Å². The molecule has 0 amide bonds. The van der Waals surface area contributed by atoms with E-state index in [1.54, 1.807) is 12.1 Å². The quantitative estimate of drug-likeness (QED) is 0.761. The van der Waals surface area contributed by atoms with Gasteiger partial charge in [0, 0.05) is 5.56 Å². The summed E-state index contributed by atoms with van der Waals surface area (Å²) in [6.45, 7) is 3.93. The molecule has 0 unspecified atom stereocenters. The molecule has 0 atom stereocenters. The summed E-state index contributed by atoms with van der Waals surface area (Å²) in [5.74, 6) is 0. The molecule has 25 heavy (non-hydrogen) atoms. The van der Waals surface area contributed by atoms with Gasteiger partial charge in [-0.1, -0.05) is 54.1 Å². The van der Waals surface area contributed by atoms with Crippen LogP contribution in [0, 0.1) is 6.92 Å². The van der Waals surface area contributed by atoms with Crippen LogP contribution in [0.2, 0.25) is 0 Å². The number of hydrogen-bond donors (Lipinski definition) is 1. The summed E-state index contributed by atoms with van der Waals surface area (Å²) >= 11 is 0. The van der Waals surface area contributed by atoms with Crippen molar-refractivity contribution >= 4 is 26.5 Å². The van der Waals surface area contributed by atoms with Gasteiger partial charge in [-0.3, -0.25) is 4.72 Å². The van der Waals surface area contributed by atoms with Crippen LogP contribution in [-0.2, 0) is 16.4 Å². The Morgan fingerprint density at radius 1 is 0.880 bits per heavy atom. The van der Waals surface area contributed by atoms with E-state index in [0.717, 1.165) is 23.1 Å². The second-order valence-electron chi connectivity index (χ2n) is 6.56. The van der Waals surface area contributed by atoms with E-state index >= 15 is 0 Å². The number of allylic oxidation sites excluding steroid dienone is 1. The van der Waals surface area contributed by atoms with Gasteiger partial charge in [-0.05, 0) is 54.3 Å². The van der Waals surface area contributed by atoms with Crippen LogP contribution in [-0.4, -0.2) is 8.42 Å². The highest BCUT2D eigenvalue weighted by Gasteiger charge is 2.25. The van der Waals surface area contributed by atoms with Crippen LogP contribution < -0.4 is 4.72 Å². The zero-order valence-corrected chi connectivity index (χ0v) is 15.0. The molecule has 0 spiro atoms. The predicted molar refractivity (Wildman–Crippen MR) is 102 cm³/mol. The molecule has 3 aromatic rings. The number of benzene rings is 3. The normalized spacial score (nSPS) is 14.0. The number of rotatable bonds is 3. The smallest absolute Gasteiger partial charge is 0.261 e. The third-order valence-corrected chi connectivity index (χ3v) is 6.11. The van der Waals surface area contributed by atoms with Gasteiger partial charge in [0.1, 0.15) is 0 Å². The fraction of sp³-hybridized carbons (Fsp3) is 0.143. The molecule has 0 aliphatic heterocycles. The van der Waals surface area contributed by atoms with E-state index in [-0.39, 0.29) is 4.90 Å². The van der Waals surface area contributed by atoms with Crippen LogP contribution in [0.1, 0.15) is 23.6 Å². The molecule has 0 saturated carbocycles. The van der Waals surface area contributed by atoms with Crippen molar-refractivity contribution < 1.29 is 8.42 Å². The fourth-order valence-electron chi connectivity index (χ4n) is 3.40. The Labute approximate surface area is 148 Å². The SMILES string of the molecule is CC1=C(NS(=O)(=O)c2ccc(C)cc2)c2ccc3ccccc3c2C1. The molecule has 0 radical (unpaired) electrons. The Morgan fingerprint density at radius 2 is 1.60 bits per heavy atom. The lowest BCUT2D eigenvalue weighted by atomic mass is 10.00. The third kappa shape index (κ3) is 2.72. The average molecular weight is 349 g/mol. The molecule has 3 aromatic carbocycles. The van der Waals surface area contributed by atoms with Gasteiger partial charge in [0.25, 0.3) is 10.0 Å². The van der Waals surface area contributed by atoms with Crippen molar-refractivity contribution in [3.8, 4) is 0 Å². The molecule has 0 fully saturated rings. The van der Waals surface area contributed by atoms with Gasteiger partial charge in [0.15, 0.2) is 0 Å². The maximum atomic E-state index is 12.8. The summed E-state index contributed by atoms with van der Waals surface area (Å²) in [5.41, 5.74) is 4.96. The number of aryl methyl sites for hydroxylation is 1. The molecule has 3 nitrogen and oxygen atoms in total. The highest BCUT2D eigenvalue weighted by Crippen LogP contribution is 2.36. The van der Waals surface area contributed by atoms with Crippen molar-refractivity contribution in [2.24, 2.45) is 0 Å².